The van der Waals surface area contributed by atoms with Crippen molar-refractivity contribution in [3.8, 4) is 22.3 Å². The normalized spacial score (nSPS) is 11.4. The van der Waals surface area contributed by atoms with Gasteiger partial charge in [0, 0.05) is 11.8 Å². The molecule has 3 rings (SSSR count). The van der Waals surface area contributed by atoms with E-state index in [0.29, 0.717) is 11.4 Å². The highest BCUT2D eigenvalue weighted by Gasteiger charge is 2.21. The second-order valence-corrected chi connectivity index (χ2v) is 6.76. The summed E-state index contributed by atoms with van der Waals surface area (Å²) >= 11 is 1.50. The molecule has 0 aliphatic rings. The molecule has 0 unspecified atom stereocenters. The average molecular weight is 392 g/mol. The topological polar surface area (TPSA) is 111 Å². The zero-order valence-electron chi connectivity index (χ0n) is 15.0. The van der Waals surface area contributed by atoms with Gasteiger partial charge in [-0.05, 0) is 30.5 Å². The predicted molar refractivity (Wildman–Crippen MR) is 105 cm³/mol. The SMILES string of the molecule is C/C(N)=C(\C#N)C(=O)COC(=O)c1cc(-c2cccs2)nn1-c1ccccc1. The number of rotatable bonds is 6. The van der Waals surface area contributed by atoms with Crippen LogP contribution in [0.4, 0.5) is 0 Å². The van der Waals surface area contributed by atoms with E-state index in [2.05, 4.69) is 5.10 Å². The van der Waals surface area contributed by atoms with E-state index in [-0.39, 0.29) is 17.0 Å². The Morgan fingerprint density at radius 1 is 1.25 bits per heavy atom. The number of para-hydroxylation sites is 1. The Kier molecular flexibility index (Phi) is 5.67. The van der Waals surface area contributed by atoms with Gasteiger partial charge in [-0.25, -0.2) is 9.48 Å². The largest absolute Gasteiger partial charge is 0.453 e. The molecule has 0 aliphatic heterocycles. The summed E-state index contributed by atoms with van der Waals surface area (Å²) in [5.41, 5.74) is 6.84. The highest BCUT2D eigenvalue weighted by atomic mass is 32.1. The number of benzene rings is 1. The Labute approximate surface area is 165 Å². The summed E-state index contributed by atoms with van der Waals surface area (Å²) in [5.74, 6) is -1.38. The van der Waals surface area contributed by atoms with Crippen molar-refractivity contribution in [2.24, 2.45) is 5.73 Å². The molecule has 0 radical (unpaired) electrons. The number of aromatic nitrogens is 2. The maximum atomic E-state index is 12.6. The van der Waals surface area contributed by atoms with Crippen LogP contribution >= 0.6 is 11.3 Å². The van der Waals surface area contributed by atoms with Crippen LogP contribution in [0, 0.1) is 11.3 Å². The van der Waals surface area contributed by atoms with Gasteiger partial charge in [0.05, 0.1) is 10.6 Å². The van der Waals surface area contributed by atoms with Crippen LogP contribution in [0.5, 0.6) is 0 Å². The second kappa shape index (κ2) is 8.33. The molecule has 1 aromatic carbocycles. The van der Waals surface area contributed by atoms with Crippen LogP contribution in [0.1, 0.15) is 17.4 Å². The Morgan fingerprint density at radius 3 is 2.61 bits per heavy atom. The van der Waals surface area contributed by atoms with Gasteiger partial charge in [0.1, 0.15) is 17.3 Å². The number of nitrogens with zero attached hydrogens (tertiary/aromatic N) is 3. The number of carbonyl (C=O) groups is 2. The first-order valence-corrected chi connectivity index (χ1v) is 9.15. The molecule has 0 spiro atoms. The van der Waals surface area contributed by atoms with Crippen molar-refractivity contribution in [2.75, 3.05) is 6.61 Å². The number of ether oxygens (including phenoxy) is 1. The summed E-state index contributed by atoms with van der Waals surface area (Å²) in [6, 6.07) is 16.2. The summed E-state index contributed by atoms with van der Waals surface area (Å²) in [6.45, 7) is 0.862. The van der Waals surface area contributed by atoms with Gasteiger partial charge in [0.2, 0.25) is 5.78 Å². The van der Waals surface area contributed by atoms with Crippen molar-refractivity contribution in [3.05, 3.63) is 70.9 Å². The fourth-order valence-corrected chi connectivity index (χ4v) is 3.17. The fraction of sp³-hybridized carbons (Fsp3) is 0.100. The molecule has 28 heavy (non-hydrogen) atoms. The number of ketones is 1. The van der Waals surface area contributed by atoms with E-state index in [1.165, 1.54) is 22.9 Å². The summed E-state index contributed by atoms with van der Waals surface area (Å²) in [4.78, 5) is 25.6. The van der Waals surface area contributed by atoms with Crippen molar-refractivity contribution < 1.29 is 14.3 Å². The number of nitriles is 1. The van der Waals surface area contributed by atoms with Gasteiger partial charge in [0.25, 0.3) is 0 Å². The van der Waals surface area contributed by atoms with Crippen LogP contribution in [0.3, 0.4) is 0 Å². The van der Waals surface area contributed by atoms with Gasteiger partial charge in [-0.3, -0.25) is 4.79 Å². The van der Waals surface area contributed by atoms with Gasteiger partial charge in [-0.2, -0.15) is 10.4 Å². The second-order valence-electron chi connectivity index (χ2n) is 5.81. The van der Waals surface area contributed by atoms with Crippen LogP contribution in [0.2, 0.25) is 0 Å². The van der Waals surface area contributed by atoms with Gasteiger partial charge < -0.3 is 10.5 Å². The number of allylic oxidation sites excluding steroid dienone is 1. The van der Waals surface area contributed by atoms with Gasteiger partial charge >= 0.3 is 5.97 Å². The lowest BCUT2D eigenvalue weighted by Gasteiger charge is -2.07. The molecule has 2 aromatic heterocycles. The molecule has 0 saturated heterocycles. The standard InChI is InChI=1S/C20H16N4O3S/c1-13(22)15(11-21)18(25)12-27-20(26)17-10-16(19-8-5-9-28-19)23-24(17)14-6-3-2-4-7-14/h2-10H,12,22H2,1H3/b15-13-. The van der Waals surface area contributed by atoms with Crippen molar-refractivity contribution >= 4 is 23.1 Å². The minimum Gasteiger partial charge on any atom is -0.453 e. The van der Waals surface area contributed by atoms with E-state index in [0.717, 1.165) is 4.88 Å². The van der Waals surface area contributed by atoms with E-state index in [1.54, 1.807) is 24.3 Å². The third kappa shape index (κ3) is 4.00. The highest BCUT2D eigenvalue weighted by Crippen LogP contribution is 2.26. The lowest BCUT2D eigenvalue weighted by atomic mass is 10.1. The highest BCUT2D eigenvalue weighted by molar-refractivity contribution is 7.13. The van der Waals surface area contributed by atoms with Crippen LogP contribution in [-0.2, 0) is 9.53 Å². The van der Waals surface area contributed by atoms with Crippen LogP contribution < -0.4 is 5.73 Å². The van der Waals surface area contributed by atoms with Crippen molar-refractivity contribution in [3.63, 3.8) is 0 Å². The molecule has 0 atom stereocenters. The monoisotopic (exact) mass is 392 g/mol. The Hall–Kier alpha value is -3.70. The van der Waals surface area contributed by atoms with E-state index in [4.69, 9.17) is 15.7 Å². The molecule has 0 fully saturated rings. The number of carbonyl (C=O) groups excluding carboxylic acids is 2. The maximum Gasteiger partial charge on any atom is 0.357 e. The van der Waals surface area contributed by atoms with Crippen LogP contribution in [0.25, 0.3) is 16.3 Å². The molecule has 3 aromatic rings. The molecular weight excluding hydrogens is 376 g/mol. The Balaban J connectivity index is 1.90. The van der Waals surface area contributed by atoms with E-state index in [9.17, 15) is 9.59 Å². The molecular formula is C20H16N4O3S. The van der Waals surface area contributed by atoms with Crippen LogP contribution in [-0.4, -0.2) is 28.1 Å². The first-order chi connectivity index (χ1) is 13.5. The summed E-state index contributed by atoms with van der Waals surface area (Å²) in [7, 11) is 0. The van der Waals surface area contributed by atoms with E-state index < -0.39 is 18.4 Å². The first kappa shape index (κ1) is 19.1. The minimum absolute atomic E-state index is 0.0813. The van der Waals surface area contributed by atoms with Crippen molar-refractivity contribution in [1.29, 1.82) is 5.26 Å². The molecule has 8 heteroatoms. The van der Waals surface area contributed by atoms with Gasteiger partial charge in [-0.15, -0.1) is 11.3 Å². The fourth-order valence-electron chi connectivity index (χ4n) is 2.48. The predicted octanol–water partition coefficient (Wildman–Crippen LogP) is 3.08. The zero-order valence-corrected chi connectivity index (χ0v) is 15.8. The first-order valence-electron chi connectivity index (χ1n) is 8.27. The summed E-state index contributed by atoms with van der Waals surface area (Å²) in [5, 5.41) is 15.4. The molecule has 0 amide bonds. The third-order valence-electron chi connectivity index (χ3n) is 3.81. The molecule has 0 bridgehead atoms. The van der Waals surface area contributed by atoms with Gasteiger partial charge in [0.15, 0.2) is 12.3 Å². The lowest BCUT2D eigenvalue weighted by Crippen LogP contribution is -2.19. The maximum absolute atomic E-state index is 12.6. The zero-order chi connectivity index (χ0) is 20.1. The number of hydrogen-bond acceptors (Lipinski definition) is 7. The molecule has 7 nitrogen and oxygen atoms in total. The molecule has 0 saturated carbocycles. The van der Waals surface area contributed by atoms with Crippen molar-refractivity contribution in [2.45, 2.75) is 6.92 Å². The number of hydrogen-bond donors (Lipinski definition) is 1. The van der Waals surface area contributed by atoms with E-state index >= 15 is 0 Å². The number of Topliss-reactive ketones (excluding diaryl/α,β-unsaturated/α-hetero) is 1. The summed E-state index contributed by atoms with van der Waals surface area (Å²) in [6.07, 6.45) is 0. The Morgan fingerprint density at radius 2 is 2.00 bits per heavy atom. The van der Waals surface area contributed by atoms with Gasteiger partial charge in [-0.1, -0.05) is 24.3 Å². The minimum atomic E-state index is -0.723. The molecule has 140 valence electrons. The summed E-state index contributed by atoms with van der Waals surface area (Å²) < 4.78 is 6.60. The quantitative estimate of drug-likeness (QED) is 0.392. The number of nitrogens with two attached hydrogens (primary N) is 1. The molecule has 2 heterocycles. The van der Waals surface area contributed by atoms with Crippen LogP contribution in [0.15, 0.2) is 65.2 Å². The molecule has 0 aliphatic carbocycles. The molecule has 2 N–H and O–H groups in total. The lowest BCUT2D eigenvalue weighted by molar-refractivity contribution is -0.118. The van der Waals surface area contributed by atoms with Crippen molar-refractivity contribution in [1.82, 2.24) is 9.78 Å². The number of esters is 1. The third-order valence-corrected chi connectivity index (χ3v) is 4.70. The Bertz CT molecular complexity index is 1070. The average Bonchev–Trinajstić information content (AvgIpc) is 3.36. The number of thiophene rings is 1. The smallest absolute Gasteiger partial charge is 0.357 e. The van der Waals surface area contributed by atoms with E-state index in [1.807, 2.05) is 35.7 Å².